The average Bonchev–Trinajstić information content (AvgIpc) is 3.05. The summed E-state index contributed by atoms with van der Waals surface area (Å²) in [5.41, 5.74) is 3.81. The third kappa shape index (κ3) is 3.46. The topological polar surface area (TPSA) is 37.3 Å². The third-order valence-corrected chi connectivity index (χ3v) is 10.3. The van der Waals surface area contributed by atoms with Crippen LogP contribution in [0.5, 0.6) is 0 Å². The van der Waals surface area contributed by atoms with Gasteiger partial charge in [0, 0.05) is 12.3 Å². The molecule has 30 heavy (non-hydrogen) atoms. The van der Waals surface area contributed by atoms with E-state index in [0.29, 0.717) is 40.8 Å². The Labute approximate surface area is 184 Å². The fourth-order valence-corrected chi connectivity index (χ4v) is 7.98. The fraction of sp³-hybridized carbons (Fsp3) is 0.821. The van der Waals surface area contributed by atoms with Crippen molar-refractivity contribution in [1.82, 2.24) is 0 Å². The van der Waals surface area contributed by atoms with Gasteiger partial charge in [0.15, 0.2) is 0 Å². The minimum atomic E-state index is -0.143. The number of carbonyl (C=O) groups excluding carboxylic acids is 1. The van der Waals surface area contributed by atoms with E-state index < -0.39 is 0 Å². The molecule has 4 rings (SSSR count). The standard InChI is InChI=1S/C28H44O2/c1-17(2)19(4)26(30)15-18(3)23-9-10-24-22-8-7-20-16-21(29)11-13-27(20,5)25(22)12-14-28(23,24)6/h7-8,17-19,21,23-25,29H,9-16H2,1-6H3/t18?,19?,21-,23+,24-,25-,27-,28+/m0/s1. The van der Waals surface area contributed by atoms with Gasteiger partial charge in [0.2, 0.25) is 0 Å². The van der Waals surface area contributed by atoms with Crippen LogP contribution in [-0.4, -0.2) is 17.0 Å². The number of fused-ring (bicyclic) bond motifs is 5. The van der Waals surface area contributed by atoms with E-state index in [1.54, 1.807) is 5.57 Å². The van der Waals surface area contributed by atoms with E-state index in [2.05, 4.69) is 53.7 Å². The zero-order valence-electron chi connectivity index (χ0n) is 20.2. The largest absolute Gasteiger partial charge is 0.393 e. The smallest absolute Gasteiger partial charge is 0.136 e. The first kappa shape index (κ1) is 22.3. The van der Waals surface area contributed by atoms with Crippen LogP contribution in [0.3, 0.4) is 0 Å². The molecular weight excluding hydrogens is 368 g/mol. The number of rotatable bonds is 5. The van der Waals surface area contributed by atoms with Crippen molar-refractivity contribution in [3.8, 4) is 0 Å². The maximum absolute atomic E-state index is 12.8. The summed E-state index contributed by atoms with van der Waals surface area (Å²) in [5.74, 6) is 3.59. The molecule has 0 heterocycles. The van der Waals surface area contributed by atoms with Gasteiger partial charge in [-0.25, -0.2) is 0 Å². The normalized spacial score (nSPS) is 42.5. The van der Waals surface area contributed by atoms with Gasteiger partial charge in [-0.1, -0.05) is 64.8 Å². The van der Waals surface area contributed by atoms with Gasteiger partial charge < -0.3 is 5.11 Å². The van der Waals surface area contributed by atoms with Gasteiger partial charge in [0.25, 0.3) is 0 Å². The molecule has 3 saturated carbocycles. The van der Waals surface area contributed by atoms with Crippen LogP contribution in [0.1, 0.15) is 92.9 Å². The lowest BCUT2D eigenvalue weighted by molar-refractivity contribution is -0.125. The zero-order chi connectivity index (χ0) is 21.8. The maximum Gasteiger partial charge on any atom is 0.136 e. The lowest BCUT2D eigenvalue weighted by Gasteiger charge is -2.55. The Kier molecular flexibility index (Phi) is 5.88. The fourth-order valence-electron chi connectivity index (χ4n) is 7.98. The second-order valence-corrected chi connectivity index (χ2v) is 12.2. The molecule has 0 aromatic heterocycles. The van der Waals surface area contributed by atoms with Gasteiger partial charge in [-0.15, -0.1) is 0 Å². The highest BCUT2D eigenvalue weighted by atomic mass is 16.3. The molecule has 0 spiro atoms. The first-order chi connectivity index (χ1) is 14.1. The van der Waals surface area contributed by atoms with Gasteiger partial charge in [-0.3, -0.25) is 4.79 Å². The summed E-state index contributed by atoms with van der Waals surface area (Å²) < 4.78 is 0. The highest BCUT2D eigenvalue weighted by Crippen LogP contribution is 2.66. The molecule has 8 atom stereocenters. The molecule has 2 unspecified atom stereocenters. The number of aliphatic hydroxyl groups excluding tert-OH is 1. The molecule has 0 aromatic carbocycles. The SMILES string of the molecule is CC(C)C(C)C(=O)CC(C)[C@H]1CC[C@H]2C3=CC=C4C[C@@H](O)CC[C@]4(C)[C@H]3CC[C@]12C. The van der Waals surface area contributed by atoms with E-state index >= 15 is 0 Å². The summed E-state index contributed by atoms with van der Waals surface area (Å²) in [6, 6.07) is 0. The predicted molar refractivity (Wildman–Crippen MR) is 124 cm³/mol. The van der Waals surface area contributed by atoms with Crippen molar-refractivity contribution in [3.05, 3.63) is 23.3 Å². The van der Waals surface area contributed by atoms with Crippen molar-refractivity contribution in [2.24, 2.45) is 46.3 Å². The average molecular weight is 413 g/mol. The highest BCUT2D eigenvalue weighted by molar-refractivity contribution is 5.81. The number of allylic oxidation sites excluding steroid dienone is 3. The van der Waals surface area contributed by atoms with Crippen molar-refractivity contribution in [3.63, 3.8) is 0 Å². The van der Waals surface area contributed by atoms with E-state index in [4.69, 9.17) is 0 Å². The minimum absolute atomic E-state index is 0.143. The molecule has 168 valence electrons. The molecular formula is C28H44O2. The molecule has 4 aliphatic rings. The van der Waals surface area contributed by atoms with Crippen LogP contribution in [0.25, 0.3) is 0 Å². The van der Waals surface area contributed by atoms with Crippen LogP contribution in [0.4, 0.5) is 0 Å². The van der Waals surface area contributed by atoms with E-state index in [9.17, 15) is 9.90 Å². The van der Waals surface area contributed by atoms with Crippen LogP contribution >= 0.6 is 0 Å². The third-order valence-electron chi connectivity index (χ3n) is 10.3. The Hall–Kier alpha value is -0.890. The van der Waals surface area contributed by atoms with Gasteiger partial charge in [-0.2, -0.15) is 0 Å². The molecule has 0 aliphatic heterocycles. The molecule has 3 fully saturated rings. The van der Waals surface area contributed by atoms with Crippen LogP contribution in [0, 0.1) is 46.3 Å². The van der Waals surface area contributed by atoms with Crippen LogP contribution < -0.4 is 0 Å². The monoisotopic (exact) mass is 412 g/mol. The number of aliphatic hydroxyl groups is 1. The van der Waals surface area contributed by atoms with Gasteiger partial charge >= 0.3 is 0 Å². The predicted octanol–water partition coefficient (Wildman–Crippen LogP) is 6.73. The molecule has 0 aromatic rings. The molecule has 0 radical (unpaired) electrons. The van der Waals surface area contributed by atoms with E-state index in [-0.39, 0.29) is 17.4 Å². The summed E-state index contributed by atoms with van der Waals surface area (Å²) in [5, 5.41) is 10.2. The van der Waals surface area contributed by atoms with Gasteiger partial charge in [-0.05, 0) is 85.4 Å². The van der Waals surface area contributed by atoms with Crippen LogP contribution in [0.15, 0.2) is 23.3 Å². The number of carbonyl (C=O) groups is 1. The van der Waals surface area contributed by atoms with E-state index in [1.807, 2.05) is 0 Å². The molecule has 4 aliphatic carbocycles. The number of hydrogen-bond acceptors (Lipinski definition) is 2. The Bertz CT molecular complexity index is 746. The number of Topliss-reactive ketones (excluding diaryl/α,β-unsaturated/α-hetero) is 1. The summed E-state index contributed by atoms with van der Waals surface area (Å²) in [6.45, 7) is 13.8. The van der Waals surface area contributed by atoms with E-state index in [0.717, 1.165) is 25.7 Å². The van der Waals surface area contributed by atoms with Gasteiger partial charge in [0.05, 0.1) is 6.10 Å². The second kappa shape index (κ2) is 7.91. The molecule has 1 N–H and O–H groups in total. The molecule has 0 saturated heterocycles. The van der Waals surface area contributed by atoms with E-state index in [1.165, 1.54) is 31.3 Å². The van der Waals surface area contributed by atoms with Gasteiger partial charge in [0.1, 0.15) is 5.78 Å². The number of hydrogen-bond donors (Lipinski definition) is 1. The summed E-state index contributed by atoms with van der Waals surface area (Å²) in [4.78, 5) is 12.8. The molecule has 2 heteroatoms. The second-order valence-electron chi connectivity index (χ2n) is 12.2. The minimum Gasteiger partial charge on any atom is -0.393 e. The van der Waals surface area contributed by atoms with Crippen molar-refractivity contribution < 1.29 is 9.90 Å². The molecule has 0 amide bonds. The Morgan fingerprint density at radius 2 is 1.77 bits per heavy atom. The van der Waals surface area contributed by atoms with Crippen LogP contribution in [0.2, 0.25) is 0 Å². The summed E-state index contributed by atoms with van der Waals surface area (Å²) in [7, 11) is 0. The zero-order valence-corrected chi connectivity index (χ0v) is 20.2. The Morgan fingerprint density at radius 3 is 2.47 bits per heavy atom. The maximum atomic E-state index is 12.8. The van der Waals surface area contributed by atoms with Crippen molar-refractivity contribution in [1.29, 1.82) is 0 Å². The highest BCUT2D eigenvalue weighted by Gasteiger charge is 2.57. The molecule has 0 bridgehead atoms. The van der Waals surface area contributed by atoms with Crippen molar-refractivity contribution in [2.45, 2.75) is 99.0 Å². The molecule has 2 nitrogen and oxygen atoms in total. The van der Waals surface area contributed by atoms with Crippen molar-refractivity contribution in [2.75, 3.05) is 0 Å². The first-order valence-electron chi connectivity index (χ1n) is 12.7. The Morgan fingerprint density at radius 1 is 1.03 bits per heavy atom. The Balaban J connectivity index is 1.54. The lowest BCUT2D eigenvalue weighted by atomic mass is 9.50. The lowest BCUT2D eigenvalue weighted by Crippen LogP contribution is -2.46. The van der Waals surface area contributed by atoms with Crippen LogP contribution in [-0.2, 0) is 4.79 Å². The quantitative estimate of drug-likeness (QED) is 0.543. The summed E-state index contributed by atoms with van der Waals surface area (Å²) in [6.07, 6.45) is 13.6. The summed E-state index contributed by atoms with van der Waals surface area (Å²) >= 11 is 0. The first-order valence-corrected chi connectivity index (χ1v) is 12.7. The number of ketones is 1. The van der Waals surface area contributed by atoms with Crippen molar-refractivity contribution >= 4 is 5.78 Å².